The molecule has 31 heavy (non-hydrogen) atoms. The molecule has 0 spiro atoms. The van der Waals surface area contributed by atoms with Gasteiger partial charge in [0.25, 0.3) is 0 Å². The van der Waals surface area contributed by atoms with E-state index in [0.29, 0.717) is 55.9 Å². The number of carboxylic acid groups (broad SMARTS) is 1. The highest BCUT2D eigenvalue weighted by atomic mass is 35.5. The Morgan fingerprint density at radius 1 is 1.10 bits per heavy atom. The highest BCUT2D eigenvalue weighted by Crippen LogP contribution is 2.29. The van der Waals surface area contributed by atoms with Gasteiger partial charge in [0.05, 0.1) is 0 Å². The van der Waals surface area contributed by atoms with Crippen molar-refractivity contribution in [2.45, 2.75) is 39.0 Å². The summed E-state index contributed by atoms with van der Waals surface area (Å²) in [5.74, 6) is 0.0531. The smallest absolute Gasteiger partial charge is 0.407 e. The lowest BCUT2D eigenvalue weighted by molar-refractivity contribution is -0.116. The summed E-state index contributed by atoms with van der Waals surface area (Å²) in [6, 6.07) is 12.9. The Bertz CT molecular complexity index is 976. The van der Waals surface area contributed by atoms with E-state index in [0.717, 1.165) is 23.2 Å². The number of anilines is 1. The van der Waals surface area contributed by atoms with Crippen LogP contribution in [0.15, 0.2) is 42.5 Å². The Kier molecular flexibility index (Phi) is 7.69. The van der Waals surface area contributed by atoms with Crippen molar-refractivity contribution in [1.29, 1.82) is 0 Å². The van der Waals surface area contributed by atoms with Crippen LogP contribution in [0.4, 0.5) is 10.5 Å². The van der Waals surface area contributed by atoms with Crippen molar-refractivity contribution >= 4 is 35.1 Å². The van der Waals surface area contributed by atoms with E-state index in [1.54, 1.807) is 24.0 Å². The van der Waals surface area contributed by atoms with Gasteiger partial charge in [0.15, 0.2) is 5.78 Å². The molecular weight excluding hydrogens is 416 g/mol. The molecule has 7 heteroatoms. The lowest BCUT2D eigenvalue weighted by Crippen LogP contribution is -2.32. The van der Waals surface area contributed by atoms with E-state index in [9.17, 15) is 19.5 Å². The normalized spacial score (nSPS) is 12.5. The van der Waals surface area contributed by atoms with E-state index in [1.165, 1.54) is 4.90 Å². The first-order chi connectivity index (χ1) is 14.9. The maximum Gasteiger partial charge on any atom is 0.407 e. The van der Waals surface area contributed by atoms with Gasteiger partial charge >= 0.3 is 6.09 Å². The first-order valence-corrected chi connectivity index (χ1v) is 10.9. The maximum absolute atomic E-state index is 12.6. The molecule has 1 N–H and O–H groups in total. The van der Waals surface area contributed by atoms with Crippen LogP contribution in [0, 0.1) is 0 Å². The van der Waals surface area contributed by atoms with Gasteiger partial charge in [0.1, 0.15) is 0 Å². The Hall–Kier alpha value is -2.86. The van der Waals surface area contributed by atoms with Gasteiger partial charge in [0.2, 0.25) is 5.91 Å². The number of carbonyl (C=O) groups excluding carboxylic acids is 2. The van der Waals surface area contributed by atoms with Gasteiger partial charge in [-0.25, -0.2) is 4.79 Å². The summed E-state index contributed by atoms with van der Waals surface area (Å²) in [7, 11) is 0. The van der Waals surface area contributed by atoms with Crippen LogP contribution in [0.25, 0.3) is 0 Å². The fraction of sp³-hybridized carbons (Fsp3) is 0.375. The summed E-state index contributed by atoms with van der Waals surface area (Å²) < 4.78 is 0. The van der Waals surface area contributed by atoms with Gasteiger partial charge in [-0.2, -0.15) is 0 Å². The van der Waals surface area contributed by atoms with E-state index in [1.807, 2.05) is 30.3 Å². The first kappa shape index (κ1) is 22.8. The third-order valence-electron chi connectivity index (χ3n) is 5.64. The highest BCUT2D eigenvalue weighted by Gasteiger charge is 2.23. The Labute approximate surface area is 187 Å². The molecule has 0 fully saturated rings. The molecule has 6 nitrogen and oxygen atoms in total. The largest absolute Gasteiger partial charge is 0.465 e. The second kappa shape index (κ2) is 10.4. The Morgan fingerprint density at radius 2 is 1.87 bits per heavy atom. The van der Waals surface area contributed by atoms with Crippen molar-refractivity contribution < 1.29 is 19.5 Å². The summed E-state index contributed by atoms with van der Waals surface area (Å²) >= 11 is 6.14. The summed E-state index contributed by atoms with van der Waals surface area (Å²) in [5.41, 5.74) is 3.49. The monoisotopic (exact) mass is 442 g/mol. The van der Waals surface area contributed by atoms with E-state index >= 15 is 0 Å². The van der Waals surface area contributed by atoms with Gasteiger partial charge in [0, 0.05) is 49.3 Å². The number of rotatable bonds is 9. The van der Waals surface area contributed by atoms with Crippen molar-refractivity contribution in [3.05, 3.63) is 64.2 Å². The highest BCUT2D eigenvalue weighted by molar-refractivity contribution is 6.31. The molecule has 1 aliphatic heterocycles. The van der Waals surface area contributed by atoms with Gasteiger partial charge in [-0.05, 0) is 61.1 Å². The molecule has 0 saturated heterocycles. The fourth-order valence-corrected chi connectivity index (χ4v) is 4.12. The number of amides is 2. The van der Waals surface area contributed by atoms with Crippen molar-refractivity contribution in [3.63, 3.8) is 0 Å². The summed E-state index contributed by atoms with van der Waals surface area (Å²) in [5, 5.41) is 10.1. The number of benzene rings is 2. The van der Waals surface area contributed by atoms with Crippen LogP contribution in [-0.4, -0.2) is 47.4 Å². The third-order valence-corrected chi connectivity index (χ3v) is 6.01. The summed E-state index contributed by atoms with van der Waals surface area (Å²) in [6.07, 6.45) is 1.95. The number of hydrogen-bond acceptors (Lipinski definition) is 3. The number of hydrogen-bond donors (Lipinski definition) is 1. The number of carbonyl (C=O) groups is 3. The van der Waals surface area contributed by atoms with Crippen LogP contribution in [0.2, 0.25) is 5.02 Å². The van der Waals surface area contributed by atoms with E-state index in [4.69, 9.17) is 11.6 Å². The molecule has 3 rings (SSSR count). The van der Waals surface area contributed by atoms with Crippen LogP contribution >= 0.6 is 11.6 Å². The lowest BCUT2D eigenvalue weighted by atomic mass is 10.0. The van der Waals surface area contributed by atoms with Crippen LogP contribution < -0.4 is 4.90 Å². The first-order valence-electron chi connectivity index (χ1n) is 10.5. The minimum Gasteiger partial charge on any atom is -0.465 e. The van der Waals surface area contributed by atoms with Crippen LogP contribution in [0.1, 0.15) is 47.7 Å². The minimum absolute atomic E-state index is 0.00958. The van der Waals surface area contributed by atoms with Gasteiger partial charge in [-0.1, -0.05) is 29.8 Å². The van der Waals surface area contributed by atoms with Crippen LogP contribution in [0.5, 0.6) is 0 Å². The average Bonchev–Trinajstić information content (AvgIpc) is 3.17. The number of fused-ring (bicyclic) bond motifs is 1. The number of nitrogens with zero attached hydrogens (tertiary/aromatic N) is 2. The average molecular weight is 443 g/mol. The van der Waals surface area contributed by atoms with Crippen molar-refractivity contribution in [2.24, 2.45) is 0 Å². The second-order valence-corrected chi connectivity index (χ2v) is 8.16. The predicted octanol–water partition coefficient (Wildman–Crippen LogP) is 4.82. The molecule has 2 amide bonds. The van der Waals surface area contributed by atoms with Crippen LogP contribution in [0.3, 0.4) is 0 Å². The zero-order chi connectivity index (χ0) is 22.4. The van der Waals surface area contributed by atoms with E-state index in [-0.39, 0.29) is 11.7 Å². The zero-order valence-electron chi connectivity index (χ0n) is 17.6. The molecular formula is C24H27ClN2O4. The van der Waals surface area contributed by atoms with Crippen molar-refractivity contribution in [2.75, 3.05) is 24.5 Å². The fourth-order valence-electron chi connectivity index (χ4n) is 3.89. The molecule has 0 bridgehead atoms. The standard InChI is InChI=1S/C24H27ClN2O4/c1-17(28)27-15-12-19-16-20(9-10-22(19)27)23(29)8-4-5-13-26(24(30)31)14-11-18-6-2-3-7-21(18)25/h2-3,6-7,9-10,16H,4-5,8,11-15H2,1H3,(H,30,31). The minimum atomic E-state index is -0.966. The molecule has 0 aromatic heterocycles. The molecule has 2 aromatic carbocycles. The van der Waals surface area contributed by atoms with Gasteiger partial charge in [-0.15, -0.1) is 0 Å². The third kappa shape index (κ3) is 5.85. The molecule has 2 aromatic rings. The van der Waals surface area contributed by atoms with Gasteiger partial charge < -0.3 is 14.9 Å². The number of halogens is 1. The summed E-state index contributed by atoms with van der Waals surface area (Å²) in [4.78, 5) is 38.9. The zero-order valence-corrected chi connectivity index (χ0v) is 18.4. The topological polar surface area (TPSA) is 77.9 Å². The van der Waals surface area contributed by atoms with E-state index in [2.05, 4.69) is 0 Å². The SMILES string of the molecule is CC(=O)N1CCc2cc(C(=O)CCCCN(CCc3ccccc3Cl)C(=O)O)ccc21. The molecule has 0 saturated carbocycles. The molecule has 0 radical (unpaired) electrons. The summed E-state index contributed by atoms with van der Waals surface area (Å²) in [6.45, 7) is 2.94. The molecule has 0 atom stereocenters. The molecule has 164 valence electrons. The van der Waals surface area contributed by atoms with Gasteiger partial charge in [-0.3, -0.25) is 9.59 Å². The molecule has 1 heterocycles. The van der Waals surface area contributed by atoms with Crippen LogP contribution in [-0.2, 0) is 17.6 Å². The maximum atomic E-state index is 12.6. The Morgan fingerprint density at radius 3 is 2.58 bits per heavy atom. The molecule has 0 unspecified atom stereocenters. The predicted molar refractivity (Wildman–Crippen MR) is 121 cm³/mol. The van der Waals surface area contributed by atoms with Crippen molar-refractivity contribution in [3.8, 4) is 0 Å². The number of Topliss-reactive ketones (excluding diaryl/α,β-unsaturated/α-hetero) is 1. The Balaban J connectivity index is 1.47. The second-order valence-electron chi connectivity index (χ2n) is 7.76. The molecule has 0 aliphatic carbocycles. The van der Waals surface area contributed by atoms with Crippen molar-refractivity contribution in [1.82, 2.24) is 4.90 Å². The lowest BCUT2D eigenvalue weighted by Gasteiger charge is -2.19. The number of ketones is 1. The van der Waals surface area contributed by atoms with E-state index < -0.39 is 6.09 Å². The molecule has 1 aliphatic rings. The number of unbranched alkanes of at least 4 members (excludes halogenated alkanes) is 1. The quantitative estimate of drug-likeness (QED) is 0.446.